The Hall–Kier alpha value is -3.02. The Morgan fingerprint density at radius 1 is 1.26 bits per heavy atom. The Labute approximate surface area is 179 Å². The molecule has 10 nitrogen and oxygen atoms in total. The fraction of sp³-hybridized carbons (Fsp3) is 0.400. The molecule has 3 heterocycles. The summed E-state index contributed by atoms with van der Waals surface area (Å²) >= 11 is 0. The number of fused-ring (bicyclic) bond motifs is 1. The Morgan fingerprint density at radius 2 is 2.10 bits per heavy atom. The molecule has 11 heteroatoms. The number of rotatable bonds is 5. The van der Waals surface area contributed by atoms with E-state index in [1.54, 1.807) is 23.1 Å². The predicted molar refractivity (Wildman–Crippen MR) is 117 cm³/mol. The van der Waals surface area contributed by atoms with Crippen LogP contribution in [0.5, 0.6) is 0 Å². The summed E-state index contributed by atoms with van der Waals surface area (Å²) in [6.07, 6.45) is 2.30. The number of amides is 1. The second-order valence-electron chi connectivity index (χ2n) is 8.26. The highest BCUT2D eigenvalue weighted by molar-refractivity contribution is 6.59. The van der Waals surface area contributed by atoms with Crippen LogP contribution in [0.2, 0.25) is 0 Å². The highest BCUT2D eigenvalue weighted by atomic mass is 16.4. The molecule has 0 spiro atoms. The summed E-state index contributed by atoms with van der Waals surface area (Å²) in [5.74, 6) is 1.37. The molecular formula is C20H24BN7O3. The van der Waals surface area contributed by atoms with Crippen LogP contribution in [0.3, 0.4) is 0 Å². The lowest BCUT2D eigenvalue weighted by molar-refractivity contribution is 0.0697. The molecule has 1 aliphatic carbocycles. The van der Waals surface area contributed by atoms with Gasteiger partial charge < -0.3 is 25.6 Å². The van der Waals surface area contributed by atoms with E-state index in [0.29, 0.717) is 47.0 Å². The number of benzene rings is 1. The van der Waals surface area contributed by atoms with Crippen molar-refractivity contribution in [1.82, 2.24) is 30.4 Å². The predicted octanol–water partition coefficient (Wildman–Crippen LogP) is 0.0876. The molecule has 31 heavy (non-hydrogen) atoms. The van der Waals surface area contributed by atoms with Gasteiger partial charge in [0.05, 0.1) is 5.52 Å². The third kappa shape index (κ3) is 4.11. The molecule has 1 amide bonds. The van der Waals surface area contributed by atoms with Gasteiger partial charge in [-0.15, -0.1) is 0 Å². The average molecular weight is 421 g/mol. The van der Waals surface area contributed by atoms with Gasteiger partial charge in [0.2, 0.25) is 5.82 Å². The highest BCUT2D eigenvalue weighted by Crippen LogP contribution is 2.39. The number of aromatic nitrogens is 4. The van der Waals surface area contributed by atoms with Gasteiger partial charge >= 0.3 is 7.12 Å². The Kier molecular flexibility index (Phi) is 5.08. The van der Waals surface area contributed by atoms with E-state index in [9.17, 15) is 14.8 Å². The Morgan fingerprint density at radius 3 is 2.84 bits per heavy atom. The fourth-order valence-electron chi connectivity index (χ4n) is 3.88. The molecule has 1 atom stereocenters. The lowest BCUT2D eigenvalue weighted by Gasteiger charge is -2.31. The molecule has 1 aromatic carbocycles. The molecule has 2 aromatic heterocycles. The number of hydrogen-bond donors (Lipinski definition) is 5. The van der Waals surface area contributed by atoms with E-state index < -0.39 is 7.12 Å². The lowest BCUT2D eigenvalue weighted by atomic mass is 9.80. The zero-order chi connectivity index (χ0) is 21.5. The van der Waals surface area contributed by atoms with E-state index in [2.05, 4.69) is 30.8 Å². The molecule has 3 aromatic rings. The van der Waals surface area contributed by atoms with Gasteiger partial charge in [0.15, 0.2) is 5.82 Å². The van der Waals surface area contributed by atoms with E-state index in [1.807, 2.05) is 13.0 Å². The van der Waals surface area contributed by atoms with Gasteiger partial charge in [0.25, 0.3) is 5.91 Å². The molecule has 2 fully saturated rings. The van der Waals surface area contributed by atoms with Gasteiger partial charge in [-0.05, 0) is 37.4 Å². The first-order valence-electron chi connectivity index (χ1n) is 10.5. The van der Waals surface area contributed by atoms with Crippen LogP contribution in [0, 0.1) is 0 Å². The monoisotopic (exact) mass is 421 g/mol. The van der Waals surface area contributed by atoms with Crippen LogP contribution in [0.4, 0.5) is 11.6 Å². The first kappa shape index (κ1) is 19.9. The van der Waals surface area contributed by atoms with E-state index in [0.717, 1.165) is 25.1 Å². The van der Waals surface area contributed by atoms with Crippen LogP contribution in [0.15, 0.2) is 24.3 Å². The molecular weight excluding hydrogens is 397 g/mol. The van der Waals surface area contributed by atoms with Gasteiger partial charge in [-0.25, -0.2) is 9.97 Å². The van der Waals surface area contributed by atoms with Gasteiger partial charge in [-0.1, -0.05) is 6.07 Å². The van der Waals surface area contributed by atoms with E-state index in [-0.39, 0.29) is 17.8 Å². The zero-order valence-corrected chi connectivity index (χ0v) is 17.2. The Bertz CT molecular complexity index is 1130. The molecule has 1 aliphatic heterocycles. The summed E-state index contributed by atoms with van der Waals surface area (Å²) in [7, 11) is -1.62. The molecule has 0 bridgehead atoms. The van der Waals surface area contributed by atoms with Crippen LogP contribution >= 0.6 is 0 Å². The molecule has 2 aliphatic rings. The highest BCUT2D eigenvalue weighted by Gasteiger charge is 2.27. The van der Waals surface area contributed by atoms with Gasteiger partial charge in [0.1, 0.15) is 5.82 Å². The number of anilines is 2. The van der Waals surface area contributed by atoms with Crippen molar-refractivity contribution in [2.45, 2.75) is 31.7 Å². The van der Waals surface area contributed by atoms with Crippen molar-refractivity contribution in [3.63, 3.8) is 0 Å². The number of H-pyrrole nitrogens is 1. The second-order valence-corrected chi connectivity index (χ2v) is 8.26. The lowest BCUT2D eigenvalue weighted by Crippen LogP contribution is -2.51. The van der Waals surface area contributed by atoms with Gasteiger partial charge in [-0.2, -0.15) is 5.10 Å². The van der Waals surface area contributed by atoms with Crippen molar-refractivity contribution in [2.75, 3.05) is 25.0 Å². The zero-order valence-electron chi connectivity index (χ0n) is 17.2. The minimum atomic E-state index is -1.62. The third-order valence-electron chi connectivity index (χ3n) is 5.73. The molecule has 0 unspecified atom stereocenters. The van der Waals surface area contributed by atoms with Crippen molar-refractivity contribution < 1.29 is 14.8 Å². The van der Waals surface area contributed by atoms with E-state index in [1.165, 1.54) is 0 Å². The SMILES string of the molecule is C[C@@H]1CN(C(=O)c2nc(Nc3cc(C4CC4)[nH]n3)c3cc(B(O)O)ccc3n2)CCN1. The number of piperazine rings is 1. The second kappa shape index (κ2) is 7.91. The van der Waals surface area contributed by atoms with E-state index in [4.69, 9.17) is 0 Å². The number of carbonyl (C=O) groups excluding carboxylic acids is 1. The maximum absolute atomic E-state index is 13.1. The number of aromatic amines is 1. The van der Waals surface area contributed by atoms with Gasteiger partial charge in [0, 0.05) is 48.7 Å². The first-order valence-corrected chi connectivity index (χ1v) is 10.5. The Balaban J connectivity index is 1.53. The summed E-state index contributed by atoms with van der Waals surface area (Å²) in [4.78, 5) is 23.8. The van der Waals surface area contributed by atoms with Crippen LogP contribution in [-0.2, 0) is 0 Å². The summed E-state index contributed by atoms with van der Waals surface area (Å²) in [6, 6.07) is 6.99. The third-order valence-corrected chi connectivity index (χ3v) is 5.73. The maximum Gasteiger partial charge on any atom is 0.488 e. The van der Waals surface area contributed by atoms with Gasteiger partial charge in [-0.3, -0.25) is 9.89 Å². The van der Waals surface area contributed by atoms with Crippen molar-refractivity contribution in [3.05, 3.63) is 35.8 Å². The molecule has 1 saturated heterocycles. The largest absolute Gasteiger partial charge is 0.488 e. The van der Waals surface area contributed by atoms with Crippen molar-refractivity contribution in [1.29, 1.82) is 0 Å². The van der Waals surface area contributed by atoms with Crippen LogP contribution in [0.25, 0.3) is 10.9 Å². The normalized spacial score (nSPS) is 18.9. The summed E-state index contributed by atoms with van der Waals surface area (Å²) in [5.41, 5.74) is 1.92. The summed E-state index contributed by atoms with van der Waals surface area (Å²) in [6.45, 7) is 3.93. The smallest absolute Gasteiger partial charge is 0.423 e. The maximum atomic E-state index is 13.1. The van der Waals surface area contributed by atoms with Crippen LogP contribution < -0.4 is 16.1 Å². The topological polar surface area (TPSA) is 139 Å². The summed E-state index contributed by atoms with van der Waals surface area (Å²) in [5, 5.41) is 33.6. The quantitative estimate of drug-likeness (QED) is 0.365. The number of nitrogens with zero attached hydrogens (tertiary/aromatic N) is 4. The minimum Gasteiger partial charge on any atom is -0.423 e. The number of nitrogens with one attached hydrogen (secondary N) is 3. The van der Waals surface area contributed by atoms with E-state index >= 15 is 0 Å². The number of carbonyl (C=O) groups is 1. The van der Waals surface area contributed by atoms with Crippen molar-refractivity contribution in [3.8, 4) is 0 Å². The number of hydrogen-bond acceptors (Lipinski definition) is 8. The first-order chi connectivity index (χ1) is 15.0. The molecule has 5 rings (SSSR count). The fourth-order valence-corrected chi connectivity index (χ4v) is 3.88. The molecule has 1 saturated carbocycles. The molecule has 160 valence electrons. The average Bonchev–Trinajstić information content (AvgIpc) is 3.51. The molecule has 0 radical (unpaired) electrons. The molecule has 5 N–H and O–H groups in total. The van der Waals surface area contributed by atoms with Crippen LogP contribution in [-0.4, -0.2) is 73.8 Å². The van der Waals surface area contributed by atoms with Crippen molar-refractivity contribution in [2.24, 2.45) is 0 Å². The standard InChI is InChI=1S/C20H24BN7O3/c1-11-10-28(7-6-22-11)20(29)19-23-15-5-4-13(21(30)31)8-14(15)18(25-19)24-17-9-16(26-27-17)12-2-3-12/h4-5,8-9,11-12,22,30-31H,2-3,6-7,10H2,1H3,(H2,23,24,25,26,27)/t11-/m1/s1. The van der Waals surface area contributed by atoms with Crippen molar-refractivity contribution >= 4 is 41.0 Å². The summed E-state index contributed by atoms with van der Waals surface area (Å²) < 4.78 is 0. The van der Waals surface area contributed by atoms with Crippen LogP contribution in [0.1, 0.15) is 42.0 Å². The minimum absolute atomic E-state index is 0.0966.